The summed E-state index contributed by atoms with van der Waals surface area (Å²) in [5.41, 5.74) is 1.71. The van der Waals surface area contributed by atoms with Crippen LogP contribution in [0.3, 0.4) is 0 Å². The average Bonchev–Trinajstić information content (AvgIpc) is 2.88. The zero-order chi connectivity index (χ0) is 25.3. The van der Waals surface area contributed by atoms with Crippen LogP contribution in [0.1, 0.15) is 0 Å². The summed E-state index contributed by atoms with van der Waals surface area (Å²) in [6.45, 7) is 1.13. The maximum absolute atomic E-state index is 12.6. The molecule has 36 heavy (non-hydrogen) atoms. The zero-order valence-corrected chi connectivity index (χ0v) is 20.1. The number of urea groups is 1. The molecule has 1 aromatic heterocycles. The first-order valence-electron chi connectivity index (χ1n) is 11.4. The lowest BCUT2D eigenvalue weighted by molar-refractivity contribution is 0.107. The lowest BCUT2D eigenvalue weighted by Crippen LogP contribution is -2.38. The van der Waals surface area contributed by atoms with E-state index in [9.17, 15) is 14.7 Å². The van der Waals surface area contributed by atoms with E-state index in [0.717, 1.165) is 5.56 Å². The summed E-state index contributed by atoms with van der Waals surface area (Å²) in [5, 5.41) is 19.6. The molecule has 0 bridgehead atoms. The van der Waals surface area contributed by atoms with E-state index in [-0.39, 0.29) is 24.6 Å². The zero-order valence-electron chi connectivity index (χ0n) is 19.4. The number of hydrogen-bond acceptors (Lipinski definition) is 6. The van der Waals surface area contributed by atoms with Gasteiger partial charge >= 0.3 is 6.03 Å². The third-order valence-corrected chi connectivity index (χ3v) is 5.48. The Morgan fingerprint density at radius 2 is 1.83 bits per heavy atom. The number of aliphatic hydroxyl groups excluding tert-OH is 1. The lowest BCUT2D eigenvalue weighted by atomic mass is 10.1. The monoisotopic (exact) mass is 507 g/mol. The quantitative estimate of drug-likeness (QED) is 0.238. The number of nitrogens with one attached hydrogen (secondary N) is 3. The molecule has 0 aliphatic heterocycles. The van der Waals surface area contributed by atoms with Gasteiger partial charge in [-0.25, -0.2) is 4.79 Å². The molecule has 2 amide bonds. The summed E-state index contributed by atoms with van der Waals surface area (Å²) in [6.07, 6.45) is -0.780. The molecule has 0 spiro atoms. The van der Waals surface area contributed by atoms with Gasteiger partial charge in [0.05, 0.1) is 5.39 Å². The molecule has 4 N–H and O–H groups in total. The number of amides is 2. The van der Waals surface area contributed by atoms with Crippen LogP contribution >= 0.6 is 11.6 Å². The molecule has 8 nitrogen and oxygen atoms in total. The van der Waals surface area contributed by atoms with Crippen molar-refractivity contribution in [2.45, 2.75) is 6.10 Å². The average molecular weight is 508 g/mol. The minimum absolute atomic E-state index is 0.0363. The predicted octanol–water partition coefficient (Wildman–Crippen LogP) is 4.26. The summed E-state index contributed by atoms with van der Waals surface area (Å²) >= 11 is 5.89. The number of fused-ring (bicyclic) bond motifs is 1. The van der Waals surface area contributed by atoms with Gasteiger partial charge in [-0.3, -0.25) is 4.79 Å². The molecule has 0 aliphatic rings. The molecular formula is C27H26ClN3O5. The minimum atomic E-state index is -0.780. The van der Waals surface area contributed by atoms with Crippen molar-refractivity contribution in [3.05, 3.63) is 94.1 Å². The third kappa shape index (κ3) is 7.08. The van der Waals surface area contributed by atoms with E-state index in [1.54, 1.807) is 42.5 Å². The van der Waals surface area contributed by atoms with Crippen molar-refractivity contribution in [2.75, 3.05) is 31.6 Å². The molecule has 4 aromatic rings. The first-order chi connectivity index (χ1) is 17.5. The van der Waals surface area contributed by atoms with Crippen molar-refractivity contribution in [1.29, 1.82) is 0 Å². The van der Waals surface area contributed by atoms with Gasteiger partial charge in [-0.1, -0.05) is 48.0 Å². The van der Waals surface area contributed by atoms with E-state index in [0.29, 0.717) is 46.3 Å². The van der Waals surface area contributed by atoms with Crippen LogP contribution in [0.5, 0.6) is 5.75 Å². The number of halogens is 1. The van der Waals surface area contributed by atoms with Gasteiger partial charge < -0.3 is 30.2 Å². The van der Waals surface area contributed by atoms with E-state index in [1.165, 1.54) is 6.07 Å². The van der Waals surface area contributed by atoms with Crippen molar-refractivity contribution < 1.29 is 19.1 Å². The van der Waals surface area contributed by atoms with Crippen molar-refractivity contribution in [3.8, 4) is 17.1 Å². The van der Waals surface area contributed by atoms with Gasteiger partial charge in [-0.05, 0) is 36.4 Å². The fourth-order valence-electron chi connectivity index (χ4n) is 3.50. The minimum Gasteiger partial charge on any atom is -0.491 e. The number of rotatable bonds is 10. The Morgan fingerprint density at radius 3 is 2.64 bits per heavy atom. The van der Waals surface area contributed by atoms with E-state index in [1.807, 2.05) is 30.3 Å². The van der Waals surface area contributed by atoms with E-state index < -0.39 is 6.10 Å². The maximum Gasteiger partial charge on any atom is 0.319 e. The molecule has 0 fully saturated rings. The van der Waals surface area contributed by atoms with Crippen LogP contribution in [0, 0.1) is 0 Å². The first-order valence-corrected chi connectivity index (χ1v) is 11.8. The summed E-state index contributed by atoms with van der Waals surface area (Å²) in [7, 11) is 0. The highest BCUT2D eigenvalue weighted by Gasteiger charge is 2.10. The summed E-state index contributed by atoms with van der Waals surface area (Å²) < 4.78 is 11.5. The second kappa shape index (κ2) is 12.2. The van der Waals surface area contributed by atoms with Gasteiger partial charge in [-0.15, -0.1) is 0 Å². The molecule has 9 heteroatoms. The Morgan fingerprint density at radius 1 is 1.00 bits per heavy atom. The topological polar surface area (TPSA) is 113 Å². The summed E-state index contributed by atoms with van der Waals surface area (Å²) in [5.74, 6) is 0.959. The second-order valence-electron chi connectivity index (χ2n) is 8.06. The van der Waals surface area contributed by atoms with Crippen molar-refractivity contribution in [3.63, 3.8) is 0 Å². The molecule has 1 heterocycles. The molecule has 1 unspecified atom stereocenters. The number of ether oxygens (including phenoxy) is 1. The maximum atomic E-state index is 12.6. The van der Waals surface area contributed by atoms with Crippen molar-refractivity contribution >= 4 is 34.3 Å². The van der Waals surface area contributed by atoms with Crippen LogP contribution in [-0.4, -0.2) is 43.5 Å². The normalized spacial score (nSPS) is 11.7. The molecule has 0 saturated carbocycles. The van der Waals surface area contributed by atoms with Gasteiger partial charge in [0, 0.05) is 42.0 Å². The van der Waals surface area contributed by atoms with Crippen LogP contribution < -0.4 is 26.1 Å². The van der Waals surface area contributed by atoms with E-state index >= 15 is 0 Å². The highest BCUT2D eigenvalue weighted by atomic mass is 35.5. The molecule has 3 aromatic carbocycles. The Bertz CT molecular complexity index is 1380. The smallest absolute Gasteiger partial charge is 0.319 e. The Balaban J connectivity index is 1.20. The van der Waals surface area contributed by atoms with Gasteiger partial charge in [0.2, 0.25) is 0 Å². The number of aliphatic hydroxyl groups is 1. The number of carbonyl (C=O) groups excluding carboxylic acids is 1. The Hall–Kier alpha value is -3.85. The van der Waals surface area contributed by atoms with Crippen LogP contribution in [-0.2, 0) is 0 Å². The summed E-state index contributed by atoms with van der Waals surface area (Å²) in [6, 6.07) is 22.4. The standard InChI is InChI=1S/C27H26ClN3O5/c28-19-7-4-8-20(13-19)31-27(34)30-12-11-29-16-21(32)17-35-22-9-10-25-23(14-22)24(33)15-26(36-25)18-5-2-1-3-6-18/h1-10,13-15,21,29,32H,11-12,16-17H2,(H2,30,31,34). The summed E-state index contributed by atoms with van der Waals surface area (Å²) in [4.78, 5) is 24.5. The van der Waals surface area contributed by atoms with Gasteiger partial charge in [0.15, 0.2) is 5.43 Å². The fourth-order valence-corrected chi connectivity index (χ4v) is 3.69. The second-order valence-corrected chi connectivity index (χ2v) is 8.50. The number of carbonyl (C=O) groups is 1. The highest BCUT2D eigenvalue weighted by Crippen LogP contribution is 2.24. The molecular weight excluding hydrogens is 482 g/mol. The highest BCUT2D eigenvalue weighted by molar-refractivity contribution is 6.30. The Kier molecular flexibility index (Phi) is 8.57. The Labute approximate surface area is 212 Å². The van der Waals surface area contributed by atoms with E-state index in [4.69, 9.17) is 20.8 Å². The molecule has 0 radical (unpaired) electrons. The molecule has 186 valence electrons. The van der Waals surface area contributed by atoms with Crippen molar-refractivity contribution in [1.82, 2.24) is 10.6 Å². The largest absolute Gasteiger partial charge is 0.491 e. The first kappa shape index (κ1) is 25.2. The molecule has 4 rings (SSSR count). The third-order valence-electron chi connectivity index (χ3n) is 5.25. The SMILES string of the molecule is O=C(NCCNCC(O)COc1ccc2oc(-c3ccccc3)cc(=O)c2c1)Nc1cccc(Cl)c1. The van der Waals surface area contributed by atoms with Crippen LogP contribution in [0.15, 0.2) is 88.1 Å². The van der Waals surface area contributed by atoms with Gasteiger partial charge in [0.1, 0.15) is 29.8 Å². The van der Waals surface area contributed by atoms with Crippen molar-refractivity contribution in [2.24, 2.45) is 0 Å². The predicted molar refractivity (Wildman–Crippen MR) is 141 cm³/mol. The number of hydrogen-bond donors (Lipinski definition) is 4. The number of benzene rings is 3. The molecule has 1 atom stereocenters. The lowest BCUT2D eigenvalue weighted by Gasteiger charge is -2.14. The van der Waals surface area contributed by atoms with Gasteiger partial charge in [-0.2, -0.15) is 0 Å². The van der Waals surface area contributed by atoms with Crippen LogP contribution in [0.25, 0.3) is 22.3 Å². The van der Waals surface area contributed by atoms with E-state index in [2.05, 4.69) is 16.0 Å². The van der Waals surface area contributed by atoms with Crippen LogP contribution in [0.4, 0.5) is 10.5 Å². The van der Waals surface area contributed by atoms with Gasteiger partial charge in [0.25, 0.3) is 0 Å². The molecule has 0 saturated heterocycles. The molecule has 0 aliphatic carbocycles. The number of anilines is 1. The fraction of sp³-hybridized carbons (Fsp3) is 0.185. The van der Waals surface area contributed by atoms with Crippen LogP contribution in [0.2, 0.25) is 5.02 Å².